The summed E-state index contributed by atoms with van der Waals surface area (Å²) in [6.45, 7) is 0.450. The molecule has 0 atom stereocenters. The summed E-state index contributed by atoms with van der Waals surface area (Å²) in [5.74, 6) is 0. The first kappa shape index (κ1) is 15.3. The van der Waals surface area contributed by atoms with Crippen LogP contribution in [0, 0.1) is 14.9 Å². The number of hydrogen-bond donors (Lipinski definition) is 1. The first-order valence-electron chi connectivity index (χ1n) is 6.35. The zero-order valence-electron chi connectivity index (χ0n) is 11.5. The minimum Gasteiger partial charge on any atom is -0.323 e. The van der Waals surface area contributed by atoms with Gasteiger partial charge in [0.25, 0.3) is 0 Å². The van der Waals surface area contributed by atoms with E-state index in [1.165, 1.54) is 0 Å². The number of rotatable bonds is 3. The highest BCUT2D eigenvalue weighted by Crippen LogP contribution is 2.13. The Morgan fingerprint density at radius 1 is 1.29 bits per heavy atom. The summed E-state index contributed by atoms with van der Waals surface area (Å²) < 4.78 is 1.06. The Kier molecular flexibility index (Phi) is 5.17. The molecule has 2 aromatic carbocycles. The second-order valence-corrected chi connectivity index (χ2v) is 5.85. The molecule has 2 aromatic rings. The van der Waals surface area contributed by atoms with E-state index in [9.17, 15) is 4.79 Å². The van der Waals surface area contributed by atoms with Gasteiger partial charge in [-0.3, -0.25) is 0 Å². The minimum absolute atomic E-state index is 0.181. The van der Waals surface area contributed by atoms with Crippen LogP contribution >= 0.6 is 22.6 Å². The van der Waals surface area contributed by atoms with Gasteiger partial charge in [0.2, 0.25) is 0 Å². The van der Waals surface area contributed by atoms with E-state index in [1.54, 1.807) is 24.1 Å². The number of benzene rings is 2. The van der Waals surface area contributed by atoms with Gasteiger partial charge in [-0.1, -0.05) is 18.2 Å². The molecule has 2 rings (SSSR count). The van der Waals surface area contributed by atoms with Crippen LogP contribution < -0.4 is 5.32 Å². The van der Waals surface area contributed by atoms with Gasteiger partial charge >= 0.3 is 6.03 Å². The topological polar surface area (TPSA) is 56.1 Å². The van der Waals surface area contributed by atoms with Gasteiger partial charge in [0, 0.05) is 22.8 Å². The molecule has 0 bridgehead atoms. The van der Waals surface area contributed by atoms with Crippen molar-refractivity contribution in [2.24, 2.45) is 0 Å². The summed E-state index contributed by atoms with van der Waals surface area (Å²) in [4.78, 5) is 13.7. The van der Waals surface area contributed by atoms with Gasteiger partial charge in [-0.15, -0.1) is 0 Å². The highest BCUT2D eigenvalue weighted by atomic mass is 127. The zero-order chi connectivity index (χ0) is 15.2. The van der Waals surface area contributed by atoms with E-state index < -0.39 is 0 Å². The molecule has 0 aliphatic rings. The number of nitrogens with zero attached hydrogens (tertiary/aromatic N) is 2. The lowest BCUT2D eigenvalue weighted by atomic mass is 10.1. The highest BCUT2D eigenvalue weighted by Gasteiger charge is 2.09. The van der Waals surface area contributed by atoms with Crippen LogP contribution in [0.1, 0.15) is 11.1 Å². The second-order valence-electron chi connectivity index (χ2n) is 4.61. The van der Waals surface area contributed by atoms with Crippen LogP contribution in [0.5, 0.6) is 0 Å². The molecule has 106 valence electrons. The van der Waals surface area contributed by atoms with Gasteiger partial charge in [0.1, 0.15) is 0 Å². The Hall–Kier alpha value is -2.07. The van der Waals surface area contributed by atoms with E-state index in [-0.39, 0.29) is 6.03 Å². The Morgan fingerprint density at radius 3 is 2.76 bits per heavy atom. The second kappa shape index (κ2) is 7.09. The predicted molar refractivity (Wildman–Crippen MR) is 90.8 cm³/mol. The van der Waals surface area contributed by atoms with Crippen molar-refractivity contribution in [3.05, 3.63) is 63.2 Å². The molecule has 0 aliphatic heterocycles. The number of carbonyl (C=O) groups excluding carboxylic acids is 1. The van der Waals surface area contributed by atoms with Crippen molar-refractivity contribution in [2.75, 3.05) is 12.4 Å². The summed E-state index contributed by atoms with van der Waals surface area (Å²) in [5, 5.41) is 11.7. The van der Waals surface area contributed by atoms with Gasteiger partial charge in [-0.25, -0.2) is 4.79 Å². The van der Waals surface area contributed by atoms with E-state index >= 15 is 0 Å². The number of anilines is 1. The van der Waals surface area contributed by atoms with Crippen molar-refractivity contribution >= 4 is 34.3 Å². The Balaban J connectivity index is 2.01. The van der Waals surface area contributed by atoms with Gasteiger partial charge in [-0.2, -0.15) is 5.26 Å². The molecule has 0 saturated heterocycles. The molecule has 2 amide bonds. The number of nitriles is 1. The van der Waals surface area contributed by atoms with E-state index in [4.69, 9.17) is 5.26 Å². The van der Waals surface area contributed by atoms with Crippen molar-refractivity contribution in [2.45, 2.75) is 6.54 Å². The SMILES string of the molecule is CN(Cc1cccc(C#N)c1)C(=O)Nc1cccc(I)c1. The molecule has 0 fully saturated rings. The molecule has 4 nitrogen and oxygen atoms in total. The van der Waals surface area contributed by atoms with Crippen molar-refractivity contribution in [1.82, 2.24) is 4.90 Å². The Labute approximate surface area is 137 Å². The number of hydrogen-bond acceptors (Lipinski definition) is 2. The predicted octanol–water partition coefficient (Wildman–Crippen LogP) is 3.83. The zero-order valence-corrected chi connectivity index (χ0v) is 13.7. The third kappa shape index (κ3) is 4.46. The lowest BCUT2D eigenvalue weighted by molar-refractivity contribution is 0.220. The summed E-state index contributed by atoms with van der Waals surface area (Å²) >= 11 is 2.20. The molecular formula is C16H14IN3O. The van der Waals surface area contributed by atoms with Crippen LogP contribution in [-0.4, -0.2) is 18.0 Å². The minimum atomic E-state index is -0.181. The van der Waals surface area contributed by atoms with Crippen molar-refractivity contribution < 1.29 is 4.79 Å². The molecule has 0 aromatic heterocycles. The fourth-order valence-corrected chi connectivity index (χ4v) is 2.41. The number of carbonyl (C=O) groups is 1. The summed E-state index contributed by atoms with van der Waals surface area (Å²) in [7, 11) is 1.72. The first-order valence-corrected chi connectivity index (χ1v) is 7.43. The molecule has 5 heteroatoms. The quantitative estimate of drug-likeness (QED) is 0.809. The fourth-order valence-electron chi connectivity index (χ4n) is 1.87. The van der Waals surface area contributed by atoms with E-state index in [0.717, 1.165) is 14.8 Å². The van der Waals surface area contributed by atoms with Gasteiger partial charge < -0.3 is 10.2 Å². The fraction of sp³-hybridized carbons (Fsp3) is 0.125. The smallest absolute Gasteiger partial charge is 0.321 e. The van der Waals surface area contributed by atoms with Crippen LogP contribution in [0.15, 0.2) is 48.5 Å². The normalized spacial score (nSPS) is 9.76. The summed E-state index contributed by atoms with van der Waals surface area (Å²) in [6.07, 6.45) is 0. The molecule has 1 N–H and O–H groups in total. The van der Waals surface area contributed by atoms with Crippen LogP contribution in [0.4, 0.5) is 10.5 Å². The van der Waals surface area contributed by atoms with E-state index in [1.807, 2.05) is 36.4 Å². The maximum absolute atomic E-state index is 12.1. The third-order valence-electron chi connectivity index (χ3n) is 2.90. The molecule has 0 aliphatic carbocycles. The Morgan fingerprint density at radius 2 is 2.05 bits per heavy atom. The standard InChI is InChI=1S/C16H14IN3O/c1-20(11-13-5-2-4-12(8-13)10-18)16(21)19-15-7-3-6-14(17)9-15/h2-9H,11H2,1H3,(H,19,21). The van der Waals surface area contributed by atoms with Crippen LogP contribution in [0.25, 0.3) is 0 Å². The lowest BCUT2D eigenvalue weighted by Gasteiger charge is -2.18. The number of amides is 2. The van der Waals surface area contributed by atoms with Crippen LogP contribution in [0.3, 0.4) is 0 Å². The molecule has 21 heavy (non-hydrogen) atoms. The largest absolute Gasteiger partial charge is 0.323 e. The molecule has 0 radical (unpaired) electrons. The van der Waals surface area contributed by atoms with E-state index in [2.05, 4.69) is 34.0 Å². The maximum Gasteiger partial charge on any atom is 0.321 e. The third-order valence-corrected chi connectivity index (χ3v) is 3.57. The molecule has 0 unspecified atom stereocenters. The van der Waals surface area contributed by atoms with Gasteiger partial charge in [0.15, 0.2) is 0 Å². The van der Waals surface area contributed by atoms with E-state index in [0.29, 0.717) is 12.1 Å². The Bertz CT molecular complexity index is 694. The summed E-state index contributed by atoms with van der Waals surface area (Å²) in [5.41, 5.74) is 2.29. The monoisotopic (exact) mass is 391 g/mol. The average Bonchev–Trinajstić information content (AvgIpc) is 2.47. The first-order chi connectivity index (χ1) is 10.1. The maximum atomic E-state index is 12.1. The summed E-state index contributed by atoms with van der Waals surface area (Å²) in [6, 6.07) is 16.8. The number of urea groups is 1. The number of nitrogens with one attached hydrogen (secondary N) is 1. The van der Waals surface area contributed by atoms with Crippen molar-refractivity contribution in [3.63, 3.8) is 0 Å². The molecule has 0 heterocycles. The highest BCUT2D eigenvalue weighted by molar-refractivity contribution is 14.1. The van der Waals surface area contributed by atoms with Gasteiger partial charge in [-0.05, 0) is 58.5 Å². The molecule has 0 saturated carbocycles. The molecular weight excluding hydrogens is 377 g/mol. The lowest BCUT2D eigenvalue weighted by Crippen LogP contribution is -2.30. The number of halogens is 1. The van der Waals surface area contributed by atoms with Crippen LogP contribution in [-0.2, 0) is 6.54 Å². The molecule has 0 spiro atoms. The van der Waals surface area contributed by atoms with Crippen molar-refractivity contribution in [1.29, 1.82) is 5.26 Å². The van der Waals surface area contributed by atoms with Gasteiger partial charge in [0.05, 0.1) is 11.6 Å². The van der Waals surface area contributed by atoms with Crippen molar-refractivity contribution in [3.8, 4) is 6.07 Å². The average molecular weight is 391 g/mol. The van der Waals surface area contributed by atoms with Crippen LogP contribution in [0.2, 0.25) is 0 Å².